The Bertz CT molecular complexity index is 1400. The van der Waals surface area contributed by atoms with E-state index in [2.05, 4.69) is 38.6 Å². The lowest BCUT2D eigenvalue weighted by Crippen LogP contribution is -2.55. The summed E-state index contributed by atoms with van der Waals surface area (Å²) in [7, 11) is 3.36. The number of hydrogen-bond donors (Lipinski definition) is 2. The number of urea groups is 2. The van der Waals surface area contributed by atoms with Gasteiger partial charge in [0.15, 0.2) is 0 Å². The summed E-state index contributed by atoms with van der Waals surface area (Å²) in [6, 6.07) is 23.9. The maximum atomic E-state index is 13.4. The van der Waals surface area contributed by atoms with Crippen LogP contribution in [0.3, 0.4) is 0 Å². The van der Waals surface area contributed by atoms with Crippen LogP contribution in [0.5, 0.6) is 11.5 Å². The van der Waals surface area contributed by atoms with E-state index in [0.717, 1.165) is 60.2 Å². The highest BCUT2D eigenvalue weighted by molar-refractivity contribution is 5.77. The van der Waals surface area contributed by atoms with E-state index in [1.165, 1.54) is 0 Å². The Morgan fingerprint density at radius 3 is 1.30 bits per heavy atom. The number of hydrogen-bond acceptors (Lipinski definition) is 6. The number of rotatable bonds is 8. The average molecular weight is 629 g/mol. The Balaban J connectivity index is 1.17. The molecule has 3 aromatic rings. The molecule has 0 spiro atoms. The van der Waals surface area contributed by atoms with Crippen molar-refractivity contribution in [3.05, 3.63) is 83.9 Å². The van der Waals surface area contributed by atoms with Crippen LogP contribution in [0.4, 0.5) is 21.0 Å². The standard InChI is InChI=1S/C36H48N6O4/c1-35(2,37-33(43)41-22-18-39(19-23-41)29-14-7-9-16-31(29)45-5)27-12-11-13-28(26-27)36(3,4)38-34(44)42-24-20-40(21-25-42)30-15-8-10-17-32(30)46-6/h7-17,26H,18-25H2,1-6H3,(H,37,43)(H,38,44). The number of carbonyl (C=O) groups excluding carboxylic acids is 2. The molecule has 0 unspecified atom stereocenters. The number of nitrogens with zero attached hydrogens (tertiary/aromatic N) is 4. The van der Waals surface area contributed by atoms with Crippen molar-refractivity contribution in [2.75, 3.05) is 76.4 Å². The minimum atomic E-state index is -0.623. The normalized spacial score (nSPS) is 15.8. The van der Waals surface area contributed by atoms with Crippen molar-refractivity contribution in [1.82, 2.24) is 20.4 Å². The molecule has 0 radical (unpaired) electrons. The number of amides is 4. The monoisotopic (exact) mass is 628 g/mol. The van der Waals surface area contributed by atoms with E-state index in [0.29, 0.717) is 26.2 Å². The van der Waals surface area contributed by atoms with Gasteiger partial charge in [-0.2, -0.15) is 0 Å². The third-order valence-corrected chi connectivity index (χ3v) is 9.13. The van der Waals surface area contributed by atoms with Gasteiger partial charge in [-0.1, -0.05) is 48.5 Å². The van der Waals surface area contributed by atoms with Crippen molar-refractivity contribution in [3.8, 4) is 11.5 Å². The summed E-state index contributed by atoms with van der Waals surface area (Å²) in [6.07, 6.45) is 0. The quantitative estimate of drug-likeness (QED) is 0.355. The first-order valence-electron chi connectivity index (χ1n) is 16.0. The molecule has 3 aromatic carbocycles. The molecule has 0 bridgehead atoms. The predicted octanol–water partition coefficient (Wildman–Crippen LogP) is 5.24. The van der Waals surface area contributed by atoms with Gasteiger partial charge in [-0.25, -0.2) is 9.59 Å². The number of methoxy groups -OCH3 is 2. The van der Waals surface area contributed by atoms with E-state index in [4.69, 9.17) is 9.47 Å². The van der Waals surface area contributed by atoms with Gasteiger partial charge in [-0.3, -0.25) is 0 Å². The van der Waals surface area contributed by atoms with E-state index in [-0.39, 0.29) is 12.1 Å². The van der Waals surface area contributed by atoms with Crippen LogP contribution in [0.15, 0.2) is 72.8 Å². The van der Waals surface area contributed by atoms with Gasteiger partial charge >= 0.3 is 12.1 Å². The Morgan fingerprint density at radius 1 is 0.565 bits per heavy atom. The first-order valence-corrected chi connectivity index (χ1v) is 16.0. The van der Waals surface area contributed by atoms with Crippen LogP contribution in [0, 0.1) is 0 Å². The number of nitrogens with one attached hydrogen (secondary N) is 2. The van der Waals surface area contributed by atoms with Crippen molar-refractivity contribution in [2.24, 2.45) is 0 Å². The minimum absolute atomic E-state index is 0.0880. The minimum Gasteiger partial charge on any atom is -0.495 e. The van der Waals surface area contributed by atoms with Gasteiger partial charge in [-0.05, 0) is 63.1 Å². The molecule has 0 aromatic heterocycles. The number of carbonyl (C=O) groups is 2. The van der Waals surface area contributed by atoms with E-state index in [1.807, 2.05) is 92.1 Å². The number of para-hydroxylation sites is 4. The van der Waals surface area contributed by atoms with Crippen LogP contribution in [-0.4, -0.2) is 88.4 Å². The molecule has 2 heterocycles. The second kappa shape index (κ2) is 13.8. The summed E-state index contributed by atoms with van der Waals surface area (Å²) in [6.45, 7) is 13.4. The highest BCUT2D eigenvalue weighted by atomic mass is 16.5. The van der Waals surface area contributed by atoms with Crippen molar-refractivity contribution < 1.29 is 19.1 Å². The van der Waals surface area contributed by atoms with Gasteiger partial charge in [0.05, 0.1) is 36.7 Å². The van der Waals surface area contributed by atoms with Crippen molar-refractivity contribution in [3.63, 3.8) is 0 Å². The fourth-order valence-electron chi connectivity index (χ4n) is 6.22. The van der Waals surface area contributed by atoms with Gasteiger partial charge in [-0.15, -0.1) is 0 Å². The second-order valence-electron chi connectivity index (χ2n) is 13.0. The third kappa shape index (κ3) is 7.27. The zero-order valence-electron chi connectivity index (χ0n) is 28.0. The molecule has 2 aliphatic rings. The molecule has 10 nitrogen and oxygen atoms in total. The summed E-state index contributed by atoms with van der Waals surface area (Å²) in [5, 5.41) is 6.50. The molecule has 2 aliphatic heterocycles. The number of anilines is 2. The maximum Gasteiger partial charge on any atom is 0.318 e. The molecular weight excluding hydrogens is 580 g/mol. The third-order valence-electron chi connectivity index (χ3n) is 9.13. The van der Waals surface area contributed by atoms with E-state index in [1.54, 1.807) is 14.2 Å². The summed E-state index contributed by atoms with van der Waals surface area (Å²) < 4.78 is 11.1. The summed E-state index contributed by atoms with van der Waals surface area (Å²) in [4.78, 5) is 35.1. The molecule has 2 fully saturated rings. The Morgan fingerprint density at radius 2 is 0.935 bits per heavy atom. The molecule has 4 amide bonds. The fourth-order valence-corrected chi connectivity index (χ4v) is 6.22. The molecular formula is C36H48N6O4. The molecule has 10 heteroatoms. The van der Waals surface area contributed by atoms with Crippen LogP contribution in [-0.2, 0) is 11.1 Å². The van der Waals surface area contributed by atoms with Gasteiger partial charge in [0.25, 0.3) is 0 Å². The van der Waals surface area contributed by atoms with Gasteiger partial charge < -0.3 is 39.7 Å². The zero-order chi connectivity index (χ0) is 32.9. The molecule has 2 N–H and O–H groups in total. The molecule has 46 heavy (non-hydrogen) atoms. The van der Waals surface area contributed by atoms with Gasteiger partial charge in [0, 0.05) is 52.4 Å². The average Bonchev–Trinajstić information content (AvgIpc) is 3.08. The Hall–Kier alpha value is -4.60. The highest BCUT2D eigenvalue weighted by Gasteiger charge is 2.32. The van der Waals surface area contributed by atoms with Gasteiger partial charge in [0.2, 0.25) is 0 Å². The number of piperazine rings is 2. The summed E-state index contributed by atoms with van der Waals surface area (Å²) >= 11 is 0. The lowest BCUT2D eigenvalue weighted by Gasteiger charge is -2.39. The first-order chi connectivity index (χ1) is 22.0. The van der Waals surface area contributed by atoms with Crippen LogP contribution in [0.25, 0.3) is 0 Å². The Kier molecular flexibility index (Phi) is 9.84. The van der Waals surface area contributed by atoms with Crippen LogP contribution < -0.4 is 29.9 Å². The van der Waals surface area contributed by atoms with Crippen molar-refractivity contribution >= 4 is 23.4 Å². The molecule has 2 saturated heterocycles. The molecule has 0 atom stereocenters. The smallest absolute Gasteiger partial charge is 0.318 e. The van der Waals surface area contributed by atoms with Crippen molar-refractivity contribution in [1.29, 1.82) is 0 Å². The first kappa shape index (κ1) is 32.8. The van der Waals surface area contributed by atoms with E-state index in [9.17, 15) is 9.59 Å². The van der Waals surface area contributed by atoms with Crippen LogP contribution in [0.1, 0.15) is 38.8 Å². The van der Waals surface area contributed by atoms with Crippen LogP contribution in [0.2, 0.25) is 0 Å². The van der Waals surface area contributed by atoms with E-state index < -0.39 is 11.1 Å². The molecule has 0 saturated carbocycles. The molecule has 0 aliphatic carbocycles. The SMILES string of the molecule is COc1ccccc1N1CCN(C(=O)NC(C)(C)c2cccc(C(C)(C)NC(=O)N3CCN(c4ccccc4OC)CC3)c2)CC1. The Labute approximate surface area is 273 Å². The lowest BCUT2D eigenvalue weighted by molar-refractivity contribution is 0.183. The van der Waals surface area contributed by atoms with Crippen molar-refractivity contribution in [2.45, 2.75) is 38.8 Å². The fraction of sp³-hybridized carbons (Fsp3) is 0.444. The predicted molar refractivity (Wildman–Crippen MR) is 183 cm³/mol. The summed E-state index contributed by atoms with van der Waals surface area (Å²) in [5.41, 5.74) is 2.79. The molecule has 246 valence electrons. The lowest BCUT2D eigenvalue weighted by atomic mass is 9.87. The largest absolute Gasteiger partial charge is 0.495 e. The number of ether oxygens (including phenoxy) is 2. The molecule has 5 rings (SSSR count). The topological polar surface area (TPSA) is 89.6 Å². The van der Waals surface area contributed by atoms with E-state index >= 15 is 0 Å². The van der Waals surface area contributed by atoms with Gasteiger partial charge in [0.1, 0.15) is 11.5 Å². The second-order valence-corrected chi connectivity index (χ2v) is 13.0. The zero-order valence-corrected chi connectivity index (χ0v) is 28.0. The number of benzene rings is 3. The summed E-state index contributed by atoms with van der Waals surface area (Å²) in [5.74, 6) is 1.68. The van der Waals surface area contributed by atoms with Crippen LogP contribution >= 0.6 is 0 Å². The maximum absolute atomic E-state index is 13.4. The highest BCUT2D eigenvalue weighted by Crippen LogP contribution is 2.31.